The summed E-state index contributed by atoms with van der Waals surface area (Å²) in [5, 5.41) is 0. The van der Waals surface area contributed by atoms with Crippen molar-refractivity contribution >= 4 is 0 Å². The Bertz CT molecular complexity index is 357. The normalized spacial score (nSPS) is 11.1. The van der Waals surface area contributed by atoms with Crippen molar-refractivity contribution in [2.45, 2.75) is 20.3 Å². The second-order valence-electron chi connectivity index (χ2n) is 4.06. The summed E-state index contributed by atoms with van der Waals surface area (Å²) >= 11 is 0. The van der Waals surface area contributed by atoms with Crippen LogP contribution in [0, 0.1) is 5.92 Å². The van der Waals surface area contributed by atoms with Gasteiger partial charge in [-0.25, -0.2) is 0 Å². The van der Waals surface area contributed by atoms with Crippen molar-refractivity contribution in [1.82, 2.24) is 0 Å². The zero-order valence-electron chi connectivity index (χ0n) is 8.75. The van der Waals surface area contributed by atoms with Crippen molar-refractivity contribution in [2.24, 2.45) is 0 Å². The Kier molecular flexibility index (Phi) is 2.53. The maximum Gasteiger partial charge on any atom is -0.0184 e. The SMILES string of the molecule is C[C](C)Cc1ccc2cccc-2cc1. The van der Waals surface area contributed by atoms with Crippen LogP contribution in [0.2, 0.25) is 0 Å². The standard InChI is InChI=1S/C14H15/c1-11(2)10-12-6-8-13-4-3-5-14(13)9-7-12/h3-9H,10H2,1-2H3. The molecular formula is C14H15. The lowest BCUT2D eigenvalue weighted by Crippen LogP contribution is -1.88. The third-order valence-corrected chi connectivity index (χ3v) is 2.40. The first-order chi connectivity index (χ1) is 6.75. The van der Waals surface area contributed by atoms with E-state index in [-0.39, 0.29) is 0 Å². The van der Waals surface area contributed by atoms with Crippen LogP contribution in [0.15, 0.2) is 42.5 Å². The van der Waals surface area contributed by atoms with Crippen LogP contribution < -0.4 is 0 Å². The lowest BCUT2D eigenvalue weighted by Gasteiger charge is -2.00. The van der Waals surface area contributed by atoms with Gasteiger partial charge in [-0.05, 0) is 29.0 Å². The molecular weight excluding hydrogens is 168 g/mol. The summed E-state index contributed by atoms with van der Waals surface area (Å²) in [6.45, 7) is 4.35. The fourth-order valence-corrected chi connectivity index (χ4v) is 1.73. The minimum absolute atomic E-state index is 1.08. The van der Waals surface area contributed by atoms with Crippen LogP contribution in [0.1, 0.15) is 19.4 Å². The van der Waals surface area contributed by atoms with Crippen LogP contribution in [-0.2, 0) is 6.42 Å². The van der Waals surface area contributed by atoms with Crippen molar-refractivity contribution in [3.63, 3.8) is 0 Å². The van der Waals surface area contributed by atoms with Crippen molar-refractivity contribution in [2.75, 3.05) is 0 Å². The van der Waals surface area contributed by atoms with Gasteiger partial charge in [-0.3, -0.25) is 0 Å². The van der Waals surface area contributed by atoms with Gasteiger partial charge in [0.05, 0.1) is 0 Å². The van der Waals surface area contributed by atoms with Crippen LogP contribution in [0.4, 0.5) is 0 Å². The lowest BCUT2D eigenvalue weighted by atomic mass is 10.1. The molecule has 0 spiro atoms. The highest BCUT2D eigenvalue weighted by molar-refractivity contribution is 5.65. The van der Waals surface area contributed by atoms with E-state index < -0.39 is 0 Å². The zero-order chi connectivity index (χ0) is 9.97. The Morgan fingerprint density at radius 2 is 1.43 bits per heavy atom. The minimum atomic E-state index is 1.08. The predicted molar refractivity (Wildman–Crippen MR) is 61.4 cm³/mol. The van der Waals surface area contributed by atoms with Gasteiger partial charge in [-0.1, -0.05) is 56.3 Å². The van der Waals surface area contributed by atoms with E-state index in [4.69, 9.17) is 0 Å². The van der Waals surface area contributed by atoms with E-state index in [0.717, 1.165) is 6.42 Å². The Balaban J connectivity index is 2.36. The van der Waals surface area contributed by atoms with E-state index in [2.05, 4.69) is 56.3 Å². The molecule has 0 aromatic rings. The Morgan fingerprint density at radius 3 is 1.93 bits per heavy atom. The monoisotopic (exact) mass is 183 g/mol. The summed E-state index contributed by atoms with van der Waals surface area (Å²) in [6.07, 6.45) is 1.08. The van der Waals surface area contributed by atoms with Gasteiger partial charge in [0.2, 0.25) is 0 Å². The summed E-state index contributed by atoms with van der Waals surface area (Å²) in [6, 6.07) is 15.2. The van der Waals surface area contributed by atoms with Crippen molar-refractivity contribution in [3.05, 3.63) is 53.9 Å². The molecule has 0 saturated carbocycles. The van der Waals surface area contributed by atoms with E-state index in [1.807, 2.05) is 0 Å². The Labute approximate surface area is 85.9 Å². The molecule has 0 aliphatic heterocycles. The van der Waals surface area contributed by atoms with Gasteiger partial charge >= 0.3 is 0 Å². The molecule has 14 heavy (non-hydrogen) atoms. The second-order valence-corrected chi connectivity index (χ2v) is 4.06. The highest BCUT2D eigenvalue weighted by atomic mass is 14.1. The summed E-state index contributed by atoms with van der Waals surface area (Å²) < 4.78 is 0. The molecule has 2 aliphatic rings. The van der Waals surface area contributed by atoms with E-state index >= 15 is 0 Å². The topological polar surface area (TPSA) is 0 Å². The summed E-state index contributed by atoms with van der Waals surface area (Å²) in [7, 11) is 0. The lowest BCUT2D eigenvalue weighted by molar-refractivity contribution is 0.959. The van der Waals surface area contributed by atoms with Crippen LogP contribution in [0.3, 0.4) is 0 Å². The molecule has 0 unspecified atom stereocenters. The van der Waals surface area contributed by atoms with Gasteiger partial charge in [-0.15, -0.1) is 0 Å². The Hall–Kier alpha value is -1.30. The molecule has 0 fully saturated rings. The highest BCUT2D eigenvalue weighted by Gasteiger charge is 2.00. The molecule has 0 heteroatoms. The van der Waals surface area contributed by atoms with Gasteiger partial charge < -0.3 is 0 Å². The van der Waals surface area contributed by atoms with Gasteiger partial charge in [-0.2, -0.15) is 0 Å². The molecule has 0 heterocycles. The average Bonchev–Trinajstić information content (AvgIpc) is 2.50. The second kappa shape index (κ2) is 3.83. The maximum atomic E-state index is 2.22. The molecule has 2 aliphatic carbocycles. The number of hydrogen-bond donors (Lipinski definition) is 0. The molecule has 2 rings (SSSR count). The van der Waals surface area contributed by atoms with Gasteiger partial charge in [0.25, 0.3) is 0 Å². The number of hydrogen-bond acceptors (Lipinski definition) is 0. The highest BCUT2D eigenvalue weighted by Crippen LogP contribution is 2.22. The maximum absolute atomic E-state index is 2.22. The first kappa shape index (κ1) is 9.26. The minimum Gasteiger partial charge on any atom is -0.0610 e. The molecule has 0 bridgehead atoms. The van der Waals surface area contributed by atoms with E-state index in [9.17, 15) is 0 Å². The van der Waals surface area contributed by atoms with Gasteiger partial charge in [0, 0.05) is 0 Å². The van der Waals surface area contributed by atoms with Crippen molar-refractivity contribution < 1.29 is 0 Å². The molecule has 0 nitrogen and oxygen atoms in total. The predicted octanol–water partition coefficient (Wildman–Crippen LogP) is 3.95. The van der Waals surface area contributed by atoms with E-state index in [0.29, 0.717) is 0 Å². The first-order valence-corrected chi connectivity index (χ1v) is 5.02. The van der Waals surface area contributed by atoms with Crippen LogP contribution in [-0.4, -0.2) is 0 Å². The van der Waals surface area contributed by atoms with Crippen molar-refractivity contribution in [1.29, 1.82) is 0 Å². The van der Waals surface area contributed by atoms with Gasteiger partial charge in [0.1, 0.15) is 0 Å². The zero-order valence-corrected chi connectivity index (χ0v) is 8.75. The van der Waals surface area contributed by atoms with Crippen LogP contribution in [0.5, 0.6) is 0 Å². The summed E-state index contributed by atoms with van der Waals surface area (Å²) in [5.74, 6) is 1.45. The van der Waals surface area contributed by atoms with Crippen LogP contribution in [0.25, 0.3) is 11.1 Å². The quantitative estimate of drug-likeness (QED) is 0.661. The molecule has 1 radical (unpaired) electrons. The number of fused-ring (bicyclic) bond motifs is 1. The molecule has 0 aromatic heterocycles. The summed E-state index contributed by atoms with van der Waals surface area (Å²) in [4.78, 5) is 0. The van der Waals surface area contributed by atoms with E-state index in [1.54, 1.807) is 0 Å². The Morgan fingerprint density at radius 1 is 0.857 bits per heavy atom. The smallest absolute Gasteiger partial charge is 0.0184 e. The fraction of sp³-hybridized carbons (Fsp3) is 0.214. The fourth-order valence-electron chi connectivity index (χ4n) is 1.73. The van der Waals surface area contributed by atoms with Crippen LogP contribution >= 0.6 is 0 Å². The van der Waals surface area contributed by atoms with E-state index in [1.165, 1.54) is 22.6 Å². The van der Waals surface area contributed by atoms with Crippen molar-refractivity contribution in [3.8, 4) is 11.1 Å². The third-order valence-electron chi connectivity index (χ3n) is 2.40. The number of rotatable bonds is 2. The average molecular weight is 183 g/mol. The summed E-state index contributed by atoms with van der Waals surface area (Å²) in [5.41, 5.74) is 4.04. The molecule has 0 saturated heterocycles. The molecule has 0 amide bonds. The molecule has 0 N–H and O–H groups in total. The van der Waals surface area contributed by atoms with Gasteiger partial charge in [0.15, 0.2) is 0 Å². The first-order valence-electron chi connectivity index (χ1n) is 5.02. The molecule has 71 valence electrons. The molecule has 0 aromatic carbocycles. The largest absolute Gasteiger partial charge is 0.0610 e. The molecule has 0 atom stereocenters. The third kappa shape index (κ3) is 1.95.